The first-order chi connectivity index (χ1) is 7.72. The van der Waals surface area contributed by atoms with Crippen LogP contribution in [0.2, 0.25) is 0 Å². The van der Waals surface area contributed by atoms with Gasteiger partial charge in [0.15, 0.2) is 11.5 Å². The lowest BCUT2D eigenvalue weighted by atomic mass is 10.0. The van der Waals surface area contributed by atoms with Crippen LogP contribution in [0, 0.1) is 5.92 Å². The molecule has 2 aromatic rings. The number of tetrazole rings is 1. The maximum Gasteiger partial charge on any atom is 0.199 e. The minimum atomic E-state index is 0.363. The van der Waals surface area contributed by atoms with Gasteiger partial charge >= 0.3 is 0 Å². The molecule has 0 spiro atoms. The highest BCUT2D eigenvalue weighted by Gasteiger charge is 2.12. The van der Waals surface area contributed by atoms with Gasteiger partial charge in [-0.2, -0.15) is 4.52 Å². The van der Waals surface area contributed by atoms with Gasteiger partial charge in [-0.05, 0) is 23.3 Å². The predicted molar refractivity (Wildman–Crippen MR) is 61.1 cm³/mol. The third-order valence-electron chi connectivity index (χ3n) is 2.98. The molecule has 0 radical (unpaired) electrons. The Morgan fingerprint density at radius 2 is 2.19 bits per heavy atom. The summed E-state index contributed by atoms with van der Waals surface area (Å²) in [6, 6.07) is 0.363. The lowest BCUT2D eigenvalue weighted by Gasteiger charge is -2.20. The van der Waals surface area contributed by atoms with Crippen molar-refractivity contribution in [3.8, 4) is 0 Å². The summed E-state index contributed by atoms with van der Waals surface area (Å²) in [6.45, 7) is 6.54. The van der Waals surface area contributed by atoms with Crippen LogP contribution in [-0.4, -0.2) is 31.1 Å². The van der Waals surface area contributed by atoms with Crippen molar-refractivity contribution in [2.45, 2.75) is 33.2 Å². The van der Waals surface area contributed by atoms with Crippen LogP contribution >= 0.6 is 0 Å². The lowest BCUT2D eigenvalue weighted by Crippen LogP contribution is -2.24. The van der Waals surface area contributed by atoms with Crippen LogP contribution in [0.1, 0.15) is 27.2 Å². The van der Waals surface area contributed by atoms with E-state index in [1.807, 2.05) is 0 Å². The Kier molecular flexibility index (Phi) is 2.98. The van der Waals surface area contributed by atoms with Crippen molar-refractivity contribution in [1.82, 2.24) is 25.0 Å². The number of fused-ring (bicyclic) bond motifs is 1. The van der Waals surface area contributed by atoms with Crippen LogP contribution < -0.4 is 5.32 Å². The molecule has 0 fully saturated rings. The van der Waals surface area contributed by atoms with Crippen LogP contribution in [0.4, 0.5) is 5.82 Å². The second-order valence-corrected chi connectivity index (χ2v) is 4.06. The van der Waals surface area contributed by atoms with E-state index < -0.39 is 0 Å². The fourth-order valence-electron chi connectivity index (χ4n) is 1.50. The van der Waals surface area contributed by atoms with Crippen molar-refractivity contribution in [1.29, 1.82) is 0 Å². The Labute approximate surface area is 94.1 Å². The van der Waals surface area contributed by atoms with Gasteiger partial charge in [0, 0.05) is 6.04 Å². The maximum absolute atomic E-state index is 4.10. The molecule has 16 heavy (non-hydrogen) atoms. The van der Waals surface area contributed by atoms with Crippen LogP contribution in [0.15, 0.2) is 12.4 Å². The molecule has 2 heterocycles. The number of rotatable bonds is 4. The van der Waals surface area contributed by atoms with E-state index in [1.165, 1.54) is 0 Å². The van der Waals surface area contributed by atoms with Crippen molar-refractivity contribution in [3.05, 3.63) is 12.4 Å². The molecule has 0 aliphatic rings. The smallest absolute Gasteiger partial charge is 0.199 e. The van der Waals surface area contributed by atoms with Crippen LogP contribution in [0.3, 0.4) is 0 Å². The quantitative estimate of drug-likeness (QED) is 0.842. The SMILES string of the molecule is CCC(C)C(C)Nc1cncc2nnnn12. The molecule has 0 saturated carbocycles. The number of nitrogens with zero attached hydrogens (tertiary/aromatic N) is 5. The predicted octanol–water partition coefficient (Wildman–Crippen LogP) is 1.37. The summed E-state index contributed by atoms with van der Waals surface area (Å²) in [6.07, 6.45) is 4.51. The third kappa shape index (κ3) is 1.95. The van der Waals surface area contributed by atoms with E-state index >= 15 is 0 Å². The number of anilines is 1. The molecule has 0 aliphatic heterocycles. The molecule has 0 aromatic carbocycles. The Bertz CT molecular complexity index is 465. The molecule has 0 saturated heterocycles. The zero-order chi connectivity index (χ0) is 11.5. The molecule has 2 aromatic heterocycles. The second-order valence-electron chi connectivity index (χ2n) is 4.06. The van der Waals surface area contributed by atoms with E-state index in [9.17, 15) is 0 Å². The van der Waals surface area contributed by atoms with Gasteiger partial charge in [-0.3, -0.25) is 4.98 Å². The van der Waals surface area contributed by atoms with Gasteiger partial charge in [-0.1, -0.05) is 20.3 Å². The highest BCUT2D eigenvalue weighted by molar-refractivity contribution is 5.44. The Balaban J connectivity index is 2.23. The molecule has 0 aliphatic carbocycles. The first-order valence-electron chi connectivity index (χ1n) is 5.51. The zero-order valence-electron chi connectivity index (χ0n) is 9.75. The Morgan fingerprint density at radius 3 is 2.94 bits per heavy atom. The molecule has 2 atom stereocenters. The van der Waals surface area contributed by atoms with E-state index in [1.54, 1.807) is 16.9 Å². The summed E-state index contributed by atoms with van der Waals surface area (Å²) in [7, 11) is 0. The zero-order valence-corrected chi connectivity index (χ0v) is 9.75. The topological polar surface area (TPSA) is 68.0 Å². The van der Waals surface area contributed by atoms with Gasteiger partial charge in [-0.15, -0.1) is 5.10 Å². The Morgan fingerprint density at radius 1 is 1.38 bits per heavy atom. The van der Waals surface area contributed by atoms with E-state index in [0.717, 1.165) is 12.2 Å². The standard InChI is InChI=1S/C10H16N6/c1-4-7(2)8(3)12-9-5-11-6-10-13-14-15-16(9)10/h5-8,12H,4H2,1-3H3. The second kappa shape index (κ2) is 4.42. The largest absolute Gasteiger partial charge is 0.366 e. The maximum atomic E-state index is 4.10. The summed E-state index contributed by atoms with van der Waals surface area (Å²) in [4.78, 5) is 4.10. The van der Waals surface area contributed by atoms with Crippen LogP contribution in [0.25, 0.3) is 5.65 Å². The average Bonchev–Trinajstić information content (AvgIpc) is 2.77. The molecule has 6 heteroatoms. The number of hydrogen-bond donors (Lipinski definition) is 1. The van der Waals surface area contributed by atoms with Crippen molar-refractivity contribution in [2.24, 2.45) is 5.92 Å². The molecule has 2 rings (SSSR count). The van der Waals surface area contributed by atoms with Crippen molar-refractivity contribution < 1.29 is 0 Å². The van der Waals surface area contributed by atoms with E-state index in [4.69, 9.17) is 0 Å². The normalized spacial score (nSPS) is 14.9. The van der Waals surface area contributed by atoms with Gasteiger partial charge in [0.1, 0.15) is 0 Å². The minimum absolute atomic E-state index is 0.363. The first-order valence-corrected chi connectivity index (χ1v) is 5.51. The van der Waals surface area contributed by atoms with Gasteiger partial charge in [0.25, 0.3) is 0 Å². The summed E-state index contributed by atoms with van der Waals surface area (Å²) < 4.78 is 1.66. The minimum Gasteiger partial charge on any atom is -0.366 e. The number of hydrogen-bond acceptors (Lipinski definition) is 5. The van der Waals surface area contributed by atoms with E-state index in [2.05, 4.69) is 46.6 Å². The molecule has 2 unspecified atom stereocenters. The van der Waals surface area contributed by atoms with Gasteiger partial charge in [-0.25, -0.2) is 0 Å². The van der Waals surface area contributed by atoms with E-state index in [0.29, 0.717) is 17.6 Å². The summed E-state index contributed by atoms with van der Waals surface area (Å²) in [5, 5.41) is 14.8. The molecule has 0 amide bonds. The lowest BCUT2D eigenvalue weighted by molar-refractivity contribution is 0.492. The summed E-state index contributed by atoms with van der Waals surface area (Å²) >= 11 is 0. The number of nitrogens with one attached hydrogen (secondary N) is 1. The monoisotopic (exact) mass is 220 g/mol. The van der Waals surface area contributed by atoms with Crippen molar-refractivity contribution in [2.75, 3.05) is 5.32 Å². The third-order valence-corrected chi connectivity index (χ3v) is 2.98. The van der Waals surface area contributed by atoms with E-state index in [-0.39, 0.29) is 0 Å². The number of aromatic nitrogens is 5. The fraction of sp³-hybridized carbons (Fsp3) is 0.600. The molecule has 6 nitrogen and oxygen atoms in total. The Hall–Kier alpha value is -1.72. The van der Waals surface area contributed by atoms with Crippen LogP contribution in [-0.2, 0) is 0 Å². The van der Waals surface area contributed by atoms with Gasteiger partial charge in [0.2, 0.25) is 0 Å². The fourth-order valence-corrected chi connectivity index (χ4v) is 1.50. The summed E-state index contributed by atoms with van der Waals surface area (Å²) in [5.41, 5.74) is 0.654. The van der Waals surface area contributed by atoms with Crippen molar-refractivity contribution in [3.63, 3.8) is 0 Å². The molecule has 86 valence electrons. The van der Waals surface area contributed by atoms with Gasteiger partial charge < -0.3 is 5.32 Å². The molecular formula is C10H16N6. The van der Waals surface area contributed by atoms with Crippen molar-refractivity contribution >= 4 is 11.5 Å². The molecule has 1 N–H and O–H groups in total. The van der Waals surface area contributed by atoms with Crippen LogP contribution in [0.5, 0.6) is 0 Å². The molecule has 0 bridgehead atoms. The highest BCUT2D eigenvalue weighted by Crippen LogP contribution is 2.13. The van der Waals surface area contributed by atoms with Gasteiger partial charge in [0.05, 0.1) is 12.4 Å². The summed E-state index contributed by atoms with van der Waals surface area (Å²) in [5.74, 6) is 1.42. The highest BCUT2D eigenvalue weighted by atomic mass is 15.5. The molecular weight excluding hydrogens is 204 g/mol. The first kappa shape index (κ1) is 10.8. The average molecular weight is 220 g/mol.